The molecule has 0 spiro atoms. The molecular formula is C30H42O12. The minimum absolute atomic E-state index is 0.164. The lowest BCUT2D eigenvalue weighted by atomic mass is 9.98. The van der Waals surface area contributed by atoms with E-state index in [0.29, 0.717) is 19.3 Å². The average Bonchev–Trinajstić information content (AvgIpc) is 3.28. The minimum atomic E-state index is -1.88. The number of phenols is 2. The van der Waals surface area contributed by atoms with Crippen LogP contribution in [0.25, 0.3) is 0 Å². The van der Waals surface area contributed by atoms with Gasteiger partial charge in [0.25, 0.3) is 0 Å². The summed E-state index contributed by atoms with van der Waals surface area (Å²) in [5.74, 6) is 0.374. The van der Waals surface area contributed by atoms with Crippen LogP contribution in [0.15, 0.2) is 48.5 Å². The number of aliphatic hydroxyl groups is 6. The predicted octanol–water partition coefficient (Wildman–Crippen LogP) is 0.0934. The molecule has 2 saturated heterocycles. The van der Waals surface area contributed by atoms with Gasteiger partial charge >= 0.3 is 0 Å². The van der Waals surface area contributed by atoms with Crippen molar-refractivity contribution < 1.29 is 59.8 Å². The highest BCUT2D eigenvalue weighted by Gasteiger charge is 2.50. The van der Waals surface area contributed by atoms with Gasteiger partial charge in [0.2, 0.25) is 0 Å². The summed E-state index contributed by atoms with van der Waals surface area (Å²) in [6.45, 7) is -1.46. The van der Waals surface area contributed by atoms with E-state index in [-0.39, 0.29) is 30.8 Å². The zero-order valence-electron chi connectivity index (χ0n) is 23.3. The molecule has 8 N–H and O–H groups in total. The second-order valence-corrected chi connectivity index (χ2v) is 11.1. The number of benzene rings is 2. The molecule has 0 aliphatic carbocycles. The summed E-state index contributed by atoms with van der Waals surface area (Å²) in [5.41, 5.74) is 0.190. The van der Waals surface area contributed by atoms with Gasteiger partial charge in [0.05, 0.1) is 25.9 Å². The molecule has 0 bridgehead atoms. The Hall–Kier alpha value is -2.36. The SMILES string of the molecule is OC[C@@]1(O)CO[C@H](OC[C@H]2O[C@@H](OC(CCCCc3ccc(O)cc3)CCc3ccc(O)cc3)[C@H](O)[C@@H](O)[C@@H]2O)[C@@H]1O. The molecule has 2 aromatic carbocycles. The maximum Gasteiger partial charge on any atom is 0.186 e. The van der Waals surface area contributed by atoms with Gasteiger partial charge in [-0.15, -0.1) is 0 Å². The number of hydrogen-bond acceptors (Lipinski definition) is 12. The zero-order valence-corrected chi connectivity index (χ0v) is 23.3. The van der Waals surface area contributed by atoms with Crippen LogP contribution in [0.5, 0.6) is 11.5 Å². The highest BCUT2D eigenvalue weighted by Crippen LogP contribution is 2.29. The molecule has 12 heteroatoms. The van der Waals surface area contributed by atoms with Gasteiger partial charge in [-0.3, -0.25) is 0 Å². The summed E-state index contributed by atoms with van der Waals surface area (Å²) in [6, 6.07) is 13.9. The molecule has 9 atom stereocenters. The molecule has 1 unspecified atom stereocenters. The Morgan fingerprint density at radius 1 is 0.786 bits per heavy atom. The van der Waals surface area contributed by atoms with Crippen LogP contribution in [-0.2, 0) is 31.8 Å². The molecule has 0 aromatic heterocycles. The summed E-state index contributed by atoms with van der Waals surface area (Å²) in [5, 5.41) is 80.5. The van der Waals surface area contributed by atoms with Crippen molar-refractivity contribution in [3.8, 4) is 11.5 Å². The van der Waals surface area contributed by atoms with Crippen LogP contribution >= 0.6 is 0 Å². The summed E-state index contributed by atoms with van der Waals surface area (Å²) in [7, 11) is 0. The summed E-state index contributed by atoms with van der Waals surface area (Å²) in [4.78, 5) is 0. The molecule has 0 saturated carbocycles. The van der Waals surface area contributed by atoms with Gasteiger partial charge in [0.1, 0.15) is 47.6 Å². The van der Waals surface area contributed by atoms with Crippen molar-refractivity contribution in [3.05, 3.63) is 59.7 Å². The van der Waals surface area contributed by atoms with E-state index in [2.05, 4.69) is 0 Å². The van der Waals surface area contributed by atoms with Gasteiger partial charge in [-0.1, -0.05) is 30.7 Å². The normalized spacial score (nSPS) is 32.2. The number of aromatic hydroxyl groups is 2. The number of aryl methyl sites for hydroxylation is 2. The highest BCUT2D eigenvalue weighted by atomic mass is 16.7. The van der Waals surface area contributed by atoms with Crippen molar-refractivity contribution in [3.63, 3.8) is 0 Å². The fourth-order valence-electron chi connectivity index (χ4n) is 5.12. The Bertz CT molecular complexity index is 1080. The lowest BCUT2D eigenvalue weighted by molar-refractivity contribution is -0.319. The van der Waals surface area contributed by atoms with Gasteiger partial charge in [0.15, 0.2) is 12.6 Å². The quantitative estimate of drug-likeness (QED) is 0.137. The van der Waals surface area contributed by atoms with Crippen molar-refractivity contribution in [2.45, 2.75) is 93.3 Å². The standard InChI is InChI=1S/C30H42O12/c31-16-30(38)17-40-29(27(30)37)39-15-23-24(34)25(35)26(36)28(42-23)41-22(14-9-19-7-12-21(33)13-8-19)4-2-1-3-18-5-10-20(32)11-6-18/h5-8,10-13,22-29,31-38H,1-4,9,14-17H2/t22?,23-,24-,25+,26-,27+,28-,29+,30-/m1/s1. The molecule has 2 aliphatic heterocycles. The first-order valence-electron chi connectivity index (χ1n) is 14.2. The summed E-state index contributed by atoms with van der Waals surface area (Å²) in [6.07, 6.45) is -6.13. The van der Waals surface area contributed by atoms with E-state index in [9.17, 15) is 40.9 Å². The predicted molar refractivity (Wildman–Crippen MR) is 147 cm³/mol. The second kappa shape index (κ2) is 14.9. The van der Waals surface area contributed by atoms with Crippen molar-refractivity contribution in [2.75, 3.05) is 19.8 Å². The highest BCUT2D eigenvalue weighted by molar-refractivity contribution is 5.26. The van der Waals surface area contributed by atoms with Crippen LogP contribution in [-0.4, -0.2) is 115 Å². The van der Waals surface area contributed by atoms with Crippen molar-refractivity contribution in [1.82, 2.24) is 0 Å². The number of unbranched alkanes of at least 4 members (excludes halogenated alkanes) is 1. The van der Waals surface area contributed by atoms with Gasteiger partial charge < -0.3 is 59.8 Å². The van der Waals surface area contributed by atoms with E-state index in [4.69, 9.17) is 18.9 Å². The second-order valence-electron chi connectivity index (χ2n) is 11.1. The van der Waals surface area contributed by atoms with Crippen LogP contribution in [0.2, 0.25) is 0 Å². The molecule has 42 heavy (non-hydrogen) atoms. The van der Waals surface area contributed by atoms with E-state index in [1.54, 1.807) is 24.3 Å². The minimum Gasteiger partial charge on any atom is -0.508 e. The number of rotatable bonds is 14. The summed E-state index contributed by atoms with van der Waals surface area (Å²) >= 11 is 0. The fourth-order valence-corrected chi connectivity index (χ4v) is 5.12. The zero-order chi connectivity index (χ0) is 30.3. The Labute approximate surface area is 244 Å². The Balaban J connectivity index is 1.36. The molecule has 234 valence electrons. The molecule has 2 fully saturated rings. The van der Waals surface area contributed by atoms with E-state index in [1.807, 2.05) is 24.3 Å². The van der Waals surface area contributed by atoms with Gasteiger partial charge in [-0.25, -0.2) is 0 Å². The van der Waals surface area contributed by atoms with Crippen molar-refractivity contribution in [2.24, 2.45) is 0 Å². The lowest BCUT2D eigenvalue weighted by Gasteiger charge is -2.41. The van der Waals surface area contributed by atoms with E-state index in [1.165, 1.54) is 0 Å². The van der Waals surface area contributed by atoms with Gasteiger partial charge in [0, 0.05) is 0 Å². The van der Waals surface area contributed by atoms with E-state index >= 15 is 0 Å². The fraction of sp³-hybridized carbons (Fsp3) is 0.600. The first-order valence-corrected chi connectivity index (χ1v) is 14.2. The average molecular weight is 595 g/mol. The monoisotopic (exact) mass is 594 g/mol. The molecule has 12 nitrogen and oxygen atoms in total. The molecule has 0 radical (unpaired) electrons. The third kappa shape index (κ3) is 8.38. The third-order valence-corrected chi connectivity index (χ3v) is 7.87. The van der Waals surface area contributed by atoms with Gasteiger partial charge in [-0.05, 0) is 67.5 Å². The molecule has 0 amide bonds. The van der Waals surface area contributed by atoms with E-state index in [0.717, 1.165) is 30.4 Å². The maximum absolute atomic E-state index is 10.7. The van der Waals surface area contributed by atoms with Crippen LogP contribution in [0.3, 0.4) is 0 Å². The number of hydrogen-bond donors (Lipinski definition) is 8. The van der Waals surface area contributed by atoms with Gasteiger partial charge in [-0.2, -0.15) is 0 Å². The smallest absolute Gasteiger partial charge is 0.186 e. The first-order chi connectivity index (χ1) is 20.1. The Kier molecular flexibility index (Phi) is 11.5. The van der Waals surface area contributed by atoms with Crippen LogP contribution < -0.4 is 0 Å². The lowest BCUT2D eigenvalue weighted by Crippen LogP contribution is -2.60. The molecular weight excluding hydrogens is 552 g/mol. The van der Waals surface area contributed by atoms with Crippen LogP contribution in [0.4, 0.5) is 0 Å². The van der Waals surface area contributed by atoms with E-state index < -0.39 is 55.3 Å². The molecule has 2 aliphatic rings. The number of aliphatic hydroxyl groups excluding tert-OH is 5. The van der Waals surface area contributed by atoms with Crippen LogP contribution in [0, 0.1) is 0 Å². The third-order valence-electron chi connectivity index (χ3n) is 7.87. The van der Waals surface area contributed by atoms with Crippen molar-refractivity contribution in [1.29, 1.82) is 0 Å². The molecule has 2 heterocycles. The topological polar surface area (TPSA) is 199 Å². The molecule has 4 rings (SSSR count). The van der Waals surface area contributed by atoms with Crippen LogP contribution in [0.1, 0.15) is 36.8 Å². The first kappa shape index (κ1) is 32.6. The van der Waals surface area contributed by atoms with Crippen molar-refractivity contribution >= 4 is 0 Å². The molecule has 2 aromatic rings. The number of ether oxygens (including phenoxy) is 4. The Morgan fingerprint density at radius 3 is 2.00 bits per heavy atom. The summed E-state index contributed by atoms with van der Waals surface area (Å²) < 4.78 is 22.7. The number of phenolic OH excluding ortho intramolecular Hbond substituents is 2. The largest absolute Gasteiger partial charge is 0.508 e. The maximum atomic E-state index is 10.7. The Morgan fingerprint density at radius 2 is 1.40 bits per heavy atom.